The van der Waals surface area contributed by atoms with Crippen molar-refractivity contribution in [2.75, 3.05) is 0 Å². The largest absolute Gasteiger partial charge is 0.393 e. The number of hydrogen-bond acceptors (Lipinski definition) is 2. The van der Waals surface area contributed by atoms with E-state index in [0.29, 0.717) is 0 Å². The minimum atomic E-state index is -0.165. The van der Waals surface area contributed by atoms with Gasteiger partial charge in [-0.3, -0.25) is 0 Å². The highest BCUT2D eigenvalue weighted by Crippen LogP contribution is 2.06. The molecule has 0 spiro atoms. The highest BCUT2D eigenvalue weighted by Gasteiger charge is 1.97. The van der Waals surface area contributed by atoms with Crippen LogP contribution in [0.3, 0.4) is 0 Å². The predicted octanol–water partition coefficient (Wildman–Crippen LogP) is 1.70. The van der Waals surface area contributed by atoms with Gasteiger partial charge < -0.3 is 10.2 Å². The van der Waals surface area contributed by atoms with Gasteiger partial charge in [0.25, 0.3) is 0 Å². The predicted molar refractivity (Wildman–Crippen MR) is 46.4 cm³/mol. The summed E-state index contributed by atoms with van der Waals surface area (Å²) in [4.78, 5) is 0. The topological polar surface area (TPSA) is 40.5 Å². The van der Waals surface area contributed by atoms with E-state index >= 15 is 0 Å². The van der Waals surface area contributed by atoms with E-state index in [4.69, 9.17) is 10.2 Å². The van der Waals surface area contributed by atoms with Crippen LogP contribution in [0.1, 0.15) is 46.0 Å². The van der Waals surface area contributed by atoms with Crippen LogP contribution in [0.5, 0.6) is 0 Å². The molecule has 0 aliphatic rings. The van der Waals surface area contributed by atoms with Gasteiger partial charge in [-0.25, -0.2) is 0 Å². The van der Waals surface area contributed by atoms with E-state index in [1.54, 1.807) is 0 Å². The van der Waals surface area contributed by atoms with Crippen molar-refractivity contribution in [3.8, 4) is 0 Å². The summed E-state index contributed by atoms with van der Waals surface area (Å²) in [7, 11) is 0. The molecule has 0 saturated heterocycles. The van der Waals surface area contributed by atoms with E-state index in [0.717, 1.165) is 32.1 Å². The lowest BCUT2D eigenvalue weighted by molar-refractivity contribution is 0.171. The van der Waals surface area contributed by atoms with Crippen molar-refractivity contribution < 1.29 is 10.2 Å². The minimum Gasteiger partial charge on any atom is -0.393 e. The summed E-state index contributed by atoms with van der Waals surface area (Å²) in [6, 6.07) is 0. The summed E-state index contributed by atoms with van der Waals surface area (Å²) < 4.78 is 0. The van der Waals surface area contributed by atoms with E-state index < -0.39 is 0 Å². The molecule has 0 heterocycles. The molecule has 0 fully saturated rings. The highest BCUT2D eigenvalue weighted by molar-refractivity contribution is 4.51. The molecule has 11 heavy (non-hydrogen) atoms. The van der Waals surface area contributed by atoms with Crippen LogP contribution in [0.4, 0.5) is 0 Å². The Labute approximate surface area is 69.2 Å². The van der Waals surface area contributed by atoms with Crippen LogP contribution in [0.2, 0.25) is 0 Å². The molecule has 0 aliphatic heterocycles. The first kappa shape index (κ1) is 10.9. The summed E-state index contributed by atoms with van der Waals surface area (Å²) in [5.74, 6) is 0. The fraction of sp³-hybridized carbons (Fsp3) is 1.00. The van der Waals surface area contributed by atoms with Crippen LogP contribution < -0.4 is 0 Å². The molecule has 2 unspecified atom stereocenters. The number of hydrogen-bond donors (Lipinski definition) is 2. The minimum absolute atomic E-state index is 0.165. The molecule has 0 aromatic heterocycles. The smallest absolute Gasteiger partial charge is 0.0512 e. The van der Waals surface area contributed by atoms with Crippen LogP contribution in [-0.2, 0) is 0 Å². The molecule has 2 N–H and O–H groups in total. The molecule has 0 amide bonds. The first-order chi connectivity index (χ1) is 5.13. The molecule has 0 radical (unpaired) electrons. The molecular weight excluding hydrogens is 140 g/mol. The standard InChI is InChI=1S/C9H20O2/c1-8(10)6-4-3-5-7-9(2)11/h8-11H,3-7H2,1-2H3. The van der Waals surface area contributed by atoms with Crippen molar-refractivity contribution in [3.05, 3.63) is 0 Å². The lowest BCUT2D eigenvalue weighted by Crippen LogP contribution is -2.00. The summed E-state index contributed by atoms with van der Waals surface area (Å²) in [6.07, 6.45) is 4.72. The second-order valence-electron chi connectivity index (χ2n) is 3.34. The number of rotatable bonds is 6. The molecule has 2 nitrogen and oxygen atoms in total. The Morgan fingerprint density at radius 3 is 1.45 bits per heavy atom. The Morgan fingerprint density at radius 1 is 0.818 bits per heavy atom. The zero-order chi connectivity index (χ0) is 8.69. The fourth-order valence-corrected chi connectivity index (χ4v) is 1.06. The zero-order valence-electron chi connectivity index (χ0n) is 7.58. The van der Waals surface area contributed by atoms with Crippen LogP contribution in [0.15, 0.2) is 0 Å². The third-order valence-electron chi connectivity index (χ3n) is 1.74. The van der Waals surface area contributed by atoms with Crippen LogP contribution in [0, 0.1) is 0 Å². The van der Waals surface area contributed by atoms with Crippen molar-refractivity contribution in [1.29, 1.82) is 0 Å². The maximum Gasteiger partial charge on any atom is 0.0512 e. The summed E-state index contributed by atoms with van der Waals surface area (Å²) in [5, 5.41) is 17.8. The van der Waals surface area contributed by atoms with Crippen molar-refractivity contribution in [3.63, 3.8) is 0 Å². The van der Waals surface area contributed by atoms with Gasteiger partial charge in [0, 0.05) is 0 Å². The van der Waals surface area contributed by atoms with Crippen LogP contribution in [-0.4, -0.2) is 22.4 Å². The maximum atomic E-state index is 8.91. The Kier molecular flexibility index (Phi) is 6.57. The molecule has 0 aliphatic carbocycles. The average Bonchev–Trinajstić information content (AvgIpc) is 1.85. The normalized spacial score (nSPS) is 16.4. The molecule has 2 atom stereocenters. The highest BCUT2D eigenvalue weighted by atomic mass is 16.3. The molecule has 0 saturated carbocycles. The van der Waals surface area contributed by atoms with Crippen LogP contribution in [0.25, 0.3) is 0 Å². The van der Waals surface area contributed by atoms with E-state index in [-0.39, 0.29) is 12.2 Å². The average molecular weight is 160 g/mol. The summed E-state index contributed by atoms with van der Waals surface area (Å²) in [6.45, 7) is 3.63. The molecule has 68 valence electrons. The quantitative estimate of drug-likeness (QED) is 0.581. The molecule has 0 aromatic carbocycles. The van der Waals surface area contributed by atoms with Gasteiger partial charge in [0.2, 0.25) is 0 Å². The molecule has 2 heteroatoms. The van der Waals surface area contributed by atoms with Crippen molar-refractivity contribution in [2.24, 2.45) is 0 Å². The Balaban J connectivity index is 2.91. The molecule has 0 rings (SSSR count). The second-order valence-corrected chi connectivity index (χ2v) is 3.34. The summed E-state index contributed by atoms with van der Waals surface area (Å²) in [5.41, 5.74) is 0. The fourth-order valence-electron chi connectivity index (χ4n) is 1.06. The number of unbranched alkanes of at least 4 members (excludes halogenated alkanes) is 2. The monoisotopic (exact) mass is 160 g/mol. The van der Waals surface area contributed by atoms with E-state index in [9.17, 15) is 0 Å². The Hall–Kier alpha value is -0.0800. The third-order valence-corrected chi connectivity index (χ3v) is 1.74. The van der Waals surface area contributed by atoms with Gasteiger partial charge in [-0.1, -0.05) is 19.3 Å². The van der Waals surface area contributed by atoms with E-state index in [1.807, 2.05) is 13.8 Å². The third kappa shape index (κ3) is 9.92. The lowest BCUT2D eigenvalue weighted by atomic mass is 10.1. The van der Waals surface area contributed by atoms with Gasteiger partial charge in [0.1, 0.15) is 0 Å². The molecular formula is C9H20O2. The van der Waals surface area contributed by atoms with Gasteiger partial charge in [-0.05, 0) is 26.7 Å². The molecule has 0 aromatic rings. The second kappa shape index (κ2) is 6.62. The van der Waals surface area contributed by atoms with E-state index in [1.165, 1.54) is 0 Å². The zero-order valence-corrected chi connectivity index (χ0v) is 7.58. The summed E-state index contributed by atoms with van der Waals surface area (Å²) >= 11 is 0. The first-order valence-corrected chi connectivity index (χ1v) is 4.49. The molecule has 0 bridgehead atoms. The van der Waals surface area contributed by atoms with Gasteiger partial charge in [0.15, 0.2) is 0 Å². The van der Waals surface area contributed by atoms with Gasteiger partial charge >= 0.3 is 0 Å². The van der Waals surface area contributed by atoms with Crippen LogP contribution >= 0.6 is 0 Å². The van der Waals surface area contributed by atoms with Crippen molar-refractivity contribution in [2.45, 2.75) is 58.2 Å². The number of aliphatic hydroxyl groups is 2. The van der Waals surface area contributed by atoms with Crippen molar-refractivity contribution in [1.82, 2.24) is 0 Å². The van der Waals surface area contributed by atoms with Gasteiger partial charge in [0.05, 0.1) is 12.2 Å². The Morgan fingerprint density at radius 2 is 1.18 bits per heavy atom. The SMILES string of the molecule is CC(O)CCCCCC(C)O. The van der Waals surface area contributed by atoms with Crippen molar-refractivity contribution >= 4 is 0 Å². The number of aliphatic hydroxyl groups excluding tert-OH is 2. The van der Waals surface area contributed by atoms with Gasteiger partial charge in [-0.2, -0.15) is 0 Å². The van der Waals surface area contributed by atoms with E-state index in [2.05, 4.69) is 0 Å². The lowest BCUT2D eigenvalue weighted by Gasteiger charge is -2.04. The first-order valence-electron chi connectivity index (χ1n) is 4.49. The Bertz CT molecular complexity index is 69.6. The maximum absolute atomic E-state index is 8.91. The van der Waals surface area contributed by atoms with Gasteiger partial charge in [-0.15, -0.1) is 0 Å².